The number of amides is 2. The van der Waals surface area contributed by atoms with Crippen LogP contribution in [0.3, 0.4) is 0 Å². The fraction of sp³-hybridized carbons (Fsp3) is 0.286. The first-order valence-corrected chi connectivity index (χ1v) is 9.11. The maximum absolute atomic E-state index is 12.3. The van der Waals surface area contributed by atoms with Gasteiger partial charge in [-0.15, -0.1) is 0 Å². The average molecular weight is 381 g/mol. The summed E-state index contributed by atoms with van der Waals surface area (Å²) in [4.78, 5) is 36.9. The van der Waals surface area contributed by atoms with Crippen molar-refractivity contribution in [2.75, 3.05) is 17.3 Å². The molecule has 2 aromatic rings. The summed E-state index contributed by atoms with van der Waals surface area (Å²) >= 11 is 0. The SMILES string of the molecule is CN(C(=O)C1CC1)c1ccc(CC(N)C(=O)Nc2ccc(C(=O)O)cc2)cc1. The first-order valence-electron chi connectivity index (χ1n) is 9.11. The Balaban J connectivity index is 1.55. The van der Waals surface area contributed by atoms with Crippen LogP contribution < -0.4 is 16.0 Å². The summed E-state index contributed by atoms with van der Waals surface area (Å²) in [7, 11) is 1.77. The van der Waals surface area contributed by atoms with Crippen LogP contribution in [-0.4, -0.2) is 36.0 Å². The van der Waals surface area contributed by atoms with Gasteiger partial charge in [0.15, 0.2) is 0 Å². The number of benzene rings is 2. The van der Waals surface area contributed by atoms with Crippen LogP contribution in [0.25, 0.3) is 0 Å². The highest BCUT2D eigenvalue weighted by Crippen LogP contribution is 2.32. The number of hydrogen-bond acceptors (Lipinski definition) is 4. The number of rotatable bonds is 7. The fourth-order valence-corrected chi connectivity index (χ4v) is 2.86. The molecule has 1 aliphatic carbocycles. The zero-order valence-corrected chi connectivity index (χ0v) is 15.6. The maximum Gasteiger partial charge on any atom is 0.335 e. The molecule has 2 aromatic carbocycles. The number of nitrogens with two attached hydrogens (primary N) is 1. The molecule has 4 N–H and O–H groups in total. The highest BCUT2D eigenvalue weighted by molar-refractivity contribution is 5.96. The lowest BCUT2D eigenvalue weighted by molar-refractivity contribution is -0.119. The quantitative estimate of drug-likeness (QED) is 0.681. The molecule has 0 bridgehead atoms. The largest absolute Gasteiger partial charge is 0.478 e. The number of carbonyl (C=O) groups excluding carboxylic acids is 2. The third kappa shape index (κ3) is 4.75. The molecule has 1 atom stereocenters. The van der Waals surface area contributed by atoms with E-state index in [2.05, 4.69) is 5.32 Å². The second kappa shape index (κ2) is 8.22. The predicted octanol–water partition coefficient (Wildman–Crippen LogP) is 2.27. The van der Waals surface area contributed by atoms with Crippen molar-refractivity contribution >= 4 is 29.2 Å². The van der Waals surface area contributed by atoms with Crippen LogP contribution in [0.1, 0.15) is 28.8 Å². The summed E-state index contributed by atoms with van der Waals surface area (Å²) in [5.41, 5.74) is 8.34. The summed E-state index contributed by atoms with van der Waals surface area (Å²) in [5.74, 6) is -1.08. The van der Waals surface area contributed by atoms with Gasteiger partial charge >= 0.3 is 5.97 Å². The average Bonchev–Trinajstić information content (AvgIpc) is 3.53. The van der Waals surface area contributed by atoms with E-state index in [1.54, 1.807) is 11.9 Å². The Morgan fingerprint density at radius 2 is 1.71 bits per heavy atom. The molecular formula is C21H23N3O4. The van der Waals surface area contributed by atoms with Crippen LogP contribution in [0.4, 0.5) is 11.4 Å². The number of carboxylic acid groups (broad SMARTS) is 1. The van der Waals surface area contributed by atoms with Gasteiger partial charge in [0.2, 0.25) is 11.8 Å². The molecule has 0 aromatic heterocycles. The molecule has 0 spiro atoms. The van der Waals surface area contributed by atoms with E-state index in [0.717, 1.165) is 24.1 Å². The maximum atomic E-state index is 12.3. The van der Waals surface area contributed by atoms with E-state index < -0.39 is 12.0 Å². The van der Waals surface area contributed by atoms with Crippen LogP contribution in [-0.2, 0) is 16.0 Å². The summed E-state index contributed by atoms with van der Waals surface area (Å²) in [5, 5.41) is 11.6. The first-order chi connectivity index (χ1) is 13.3. The molecule has 146 valence electrons. The molecule has 7 heteroatoms. The van der Waals surface area contributed by atoms with Crippen molar-refractivity contribution in [1.29, 1.82) is 0 Å². The van der Waals surface area contributed by atoms with Crippen LogP contribution in [0, 0.1) is 5.92 Å². The topological polar surface area (TPSA) is 113 Å². The standard InChI is InChI=1S/C21H23N3O4/c1-24(20(26)14-4-5-14)17-10-2-13(3-11-17)12-18(22)19(25)23-16-8-6-15(7-9-16)21(27)28/h2-3,6-11,14,18H,4-5,12,22H2,1H3,(H,23,25)(H,27,28). The van der Waals surface area contributed by atoms with Crippen molar-refractivity contribution in [3.63, 3.8) is 0 Å². The van der Waals surface area contributed by atoms with E-state index in [-0.39, 0.29) is 23.3 Å². The van der Waals surface area contributed by atoms with Gasteiger partial charge in [0.1, 0.15) is 0 Å². The number of nitrogens with one attached hydrogen (secondary N) is 1. The molecule has 0 radical (unpaired) electrons. The highest BCUT2D eigenvalue weighted by atomic mass is 16.4. The van der Waals surface area contributed by atoms with Gasteiger partial charge in [0, 0.05) is 24.3 Å². The molecule has 2 amide bonds. The van der Waals surface area contributed by atoms with E-state index in [0.29, 0.717) is 12.1 Å². The molecule has 3 rings (SSSR count). The minimum Gasteiger partial charge on any atom is -0.478 e. The number of nitrogens with zero attached hydrogens (tertiary/aromatic N) is 1. The number of carboxylic acids is 1. The molecule has 0 saturated heterocycles. The second-order valence-corrected chi connectivity index (χ2v) is 7.02. The number of anilines is 2. The van der Waals surface area contributed by atoms with Crippen molar-refractivity contribution in [1.82, 2.24) is 0 Å². The van der Waals surface area contributed by atoms with E-state index in [9.17, 15) is 14.4 Å². The molecule has 0 heterocycles. The second-order valence-electron chi connectivity index (χ2n) is 7.02. The van der Waals surface area contributed by atoms with Gasteiger partial charge in [-0.1, -0.05) is 12.1 Å². The predicted molar refractivity (Wildman–Crippen MR) is 106 cm³/mol. The Morgan fingerprint density at radius 1 is 1.11 bits per heavy atom. The smallest absolute Gasteiger partial charge is 0.335 e. The zero-order valence-electron chi connectivity index (χ0n) is 15.6. The van der Waals surface area contributed by atoms with Crippen molar-refractivity contribution in [3.8, 4) is 0 Å². The monoisotopic (exact) mass is 381 g/mol. The molecule has 28 heavy (non-hydrogen) atoms. The lowest BCUT2D eigenvalue weighted by Gasteiger charge is -2.18. The van der Waals surface area contributed by atoms with Crippen molar-refractivity contribution in [3.05, 3.63) is 59.7 Å². The van der Waals surface area contributed by atoms with Crippen molar-refractivity contribution in [2.24, 2.45) is 11.7 Å². The Labute approximate surface area is 163 Å². The van der Waals surface area contributed by atoms with Crippen molar-refractivity contribution < 1.29 is 19.5 Å². The highest BCUT2D eigenvalue weighted by Gasteiger charge is 2.32. The third-order valence-corrected chi connectivity index (χ3v) is 4.77. The van der Waals surface area contributed by atoms with Gasteiger partial charge in [0.25, 0.3) is 0 Å². The van der Waals surface area contributed by atoms with Gasteiger partial charge in [-0.3, -0.25) is 9.59 Å². The minimum absolute atomic E-state index is 0.137. The summed E-state index contributed by atoms with van der Waals surface area (Å²) in [6.07, 6.45) is 2.27. The molecule has 1 fully saturated rings. The number of carbonyl (C=O) groups is 3. The third-order valence-electron chi connectivity index (χ3n) is 4.77. The Bertz CT molecular complexity index is 874. The fourth-order valence-electron chi connectivity index (χ4n) is 2.86. The number of aromatic carboxylic acids is 1. The van der Waals surface area contributed by atoms with Gasteiger partial charge in [-0.05, 0) is 61.2 Å². The lowest BCUT2D eigenvalue weighted by atomic mass is 10.0. The molecule has 0 aliphatic heterocycles. The van der Waals surface area contributed by atoms with E-state index in [4.69, 9.17) is 10.8 Å². The molecule has 1 unspecified atom stereocenters. The molecule has 1 aliphatic rings. The van der Waals surface area contributed by atoms with E-state index in [1.165, 1.54) is 24.3 Å². The van der Waals surface area contributed by atoms with Crippen LogP contribution in [0.2, 0.25) is 0 Å². The first kappa shape index (κ1) is 19.6. The van der Waals surface area contributed by atoms with Gasteiger partial charge in [-0.25, -0.2) is 4.79 Å². The van der Waals surface area contributed by atoms with Crippen LogP contribution >= 0.6 is 0 Å². The Hall–Kier alpha value is -3.19. The van der Waals surface area contributed by atoms with Gasteiger partial charge < -0.3 is 21.1 Å². The number of hydrogen-bond donors (Lipinski definition) is 3. The normalized spacial score (nSPS) is 14.2. The van der Waals surface area contributed by atoms with Crippen LogP contribution in [0.15, 0.2) is 48.5 Å². The molecule has 1 saturated carbocycles. The minimum atomic E-state index is -1.03. The van der Waals surface area contributed by atoms with E-state index in [1.807, 2.05) is 24.3 Å². The zero-order chi connectivity index (χ0) is 20.3. The summed E-state index contributed by atoms with van der Waals surface area (Å²) < 4.78 is 0. The molecular weight excluding hydrogens is 358 g/mol. The lowest BCUT2D eigenvalue weighted by Crippen LogP contribution is -2.37. The molecule has 7 nitrogen and oxygen atoms in total. The van der Waals surface area contributed by atoms with Crippen molar-refractivity contribution in [2.45, 2.75) is 25.3 Å². The summed E-state index contributed by atoms with van der Waals surface area (Å²) in [6, 6.07) is 12.6. The Kier molecular flexibility index (Phi) is 5.75. The summed E-state index contributed by atoms with van der Waals surface area (Å²) in [6.45, 7) is 0. The van der Waals surface area contributed by atoms with Gasteiger partial charge in [-0.2, -0.15) is 0 Å². The Morgan fingerprint density at radius 3 is 2.25 bits per heavy atom. The van der Waals surface area contributed by atoms with Gasteiger partial charge in [0.05, 0.1) is 11.6 Å². The van der Waals surface area contributed by atoms with E-state index >= 15 is 0 Å². The van der Waals surface area contributed by atoms with Crippen LogP contribution in [0.5, 0.6) is 0 Å².